The van der Waals surface area contributed by atoms with Crippen molar-refractivity contribution >= 4 is 34.9 Å². The zero-order valence-electron chi connectivity index (χ0n) is 19.9. The lowest BCUT2D eigenvalue weighted by Gasteiger charge is -2.20. The fourth-order valence-corrected chi connectivity index (χ4v) is 3.51. The quantitative estimate of drug-likeness (QED) is 0.325. The third kappa shape index (κ3) is 5.18. The molecule has 1 aliphatic rings. The number of nitrogens with zero attached hydrogens (tertiary/aromatic N) is 3. The molecule has 11 heteroatoms. The van der Waals surface area contributed by atoms with Crippen LogP contribution in [0.4, 0.5) is 11.4 Å². The molecule has 2 amide bonds. The maximum absolute atomic E-state index is 13.0. The molecule has 0 fully saturated rings. The van der Waals surface area contributed by atoms with E-state index in [2.05, 4.69) is 36.7 Å². The number of anilines is 1. The zero-order valence-corrected chi connectivity index (χ0v) is 19.9. The fourth-order valence-electron chi connectivity index (χ4n) is 3.51. The van der Waals surface area contributed by atoms with Crippen LogP contribution in [0.3, 0.4) is 0 Å². The van der Waals surface area contributed by atoms with Gasteiger partial charge in [0.05, 0.1) is 21.9 Å². The number of amides is 2. The van der Waals surface area contributed by atoms with E-state index in [1.54, 1.807) is 13.8 Å². The van der Waals surface area contributed by atoms with Gasteiger partial charge in [-0.3, -0.25) is 25.1 Å². The monoisotopic (exact) mass is 479 g/mol. The number of nitrogens with one attached hydrogen (secondary N) is 2. The number of nitro benzene ring substituents is 1. The van der Waals surface area contributed by atoms with Gasteiger partial charge in [0, 0.05) is 17.3 Å². The summed E-state index contributed by atoms with van der Waals surface area (Å²) in [6.07, 6.45) is 0. The van der Waals surface area contributed by atoms with Crippen LogP contribution in [0.2, 0.25) is 0 Å². The Morgan fingerprint density at radius 1 is 1.09 bits per heavy atom. The first-order valence-electron chi connectivity index (χ1n) is 10.6. The van der Waals surface area contributed by atoms with Gasteiger partial charge in [0.1, 0.15) is 5.56 Å². The minimum absolute atomic E-state index is 0.0368. The summed E-state index contributed by atoms with van der Waals surface area (Å²) >= 11 is 0. The number of rotatable bonds is 6. The van der Waals surface area contributed by atoms with Crippen LogP contribution in [-0.4, -0.2) is 33.5 Å². The average molecular weight is 479 g/mol. The number of allylic oxidation sites excluding steroid dienone is 1. The lowest BCUT2D eigenvalue weighted by atomic mass is 9.87. The Hall–Kier alpha value is -4.54. The standard InChI is InChI=1S/C24H25N5O6/c1-13(25-26-21(30)15-6-11-18(23(32)33)19(12-15)29(34)35)20-14(2)27-28(22(20)31)17-9-7-16(8-10-17)24(3,4)5/h6-12,25H,1-5H3,(H,26,30)(H,32,33)/b20-13-. The molecule has 3 N–H and O–H groups in total. The van der Waals surface area contributed by atoms with Gasteiger partial charge in [-0.1, -0.05) is 32.9 Å². The third-order valence-electron chi connectivity index (χ3n) is 5.42. The third-order valence-corrected chi connectivity index (χ3v) is 5.42. The van der Waals surface area contributed by atoms with E-state index in [4.69, 9.17) is 5.11 Å². The maximum atomic E-state index is 13.0. The molecule has 0 saturated heterocycles. The van der Waals surface area contributed by atoms with Crippen molar-refractivity contribution < 1.29 is 24.4 Å². The number of hydrogen-bond donors (Lipinski definition) is 3. The first kappa shape index (κ1) is 25.1. The van der Waals surface area contributed by atoms with Crippen molar-refractivity contribution in [3.63, 3.8) is 0 Å². The molecule has 0 bridgehead atoms. The second-order valence-electron chi connectivity index (χ2n) is 8.97. The lowest BCUT2D eigenvalue weighted by molar-refractivity contribution is -0.385. The largest absolute Gasteiger partial charge is 0.477 e. The minimum Gasteiger partial charge on any atom is -0.477 e. The van der Waals surface area contributed by atoms with E-state index in [1.165, 1.54) is 5.01 Å². The van der Waals surface area contributed by atoms with Crippen LogP contribution in [0.5, 0.6) is 0 Å². The van der Waals surface area contributed by atoms with Crippen molar-refractivity contribution in [2.75, 3.05) is 5.01 Å². The fraction of sp³-hybridized carbons (Fsp3) is 0.250. The smallest absolute Gasteiger partial charge is 0.342 e. The van der Waals surface area contributed by atoms with Crippen molar-refractivity contribution in [1.29, 1.82) is 0 Å². The lowest BCUT2D eigenvalue weighted by Crippen LogP contribution is -2.38. The van der Waals surface area contributed by atoms with Crippen LogP contribution in [0, 0.1) is 10.1 Å². The van der Waals surface area contributed by atoms with Gasteiger partial charge in [-0.25, -0.2) is 4.79 Å². The van der Waals surface area contributed by atoms with Crippen LogP contribution in [0.25, 0.3) is 0 Å². The first-order valence-corrected chi connectivity index (χ1v) is 10.6. The number of carboxylic acids is 1. The highest BCUT2D eigenvalue weighted by Crippen LogP contribution is 2.28. The van der Waals surface area contributed by atoms with Crippen LogP contribution >= 0.6 is 0 Å². The molecule has 2 aromatic rings. The van der Waals surface area contributed by atoms with Crippen LogP contribution < -0.4 is 15.9 Å². The summed E-state index contributed by atoms with van der Waals surface area (Å²) in [6.45, 7) is 9.52. The summed E-state index contributed by atoms with van der Waals surface area (Å²) in [5.74, 6) is -2.61. The Balaban J connectivity index is 1.77. The maximum Gasteiger partial charge on any atom is 0.342 e. The van der Waals surface area contributed by atoms with Crippen LogP contribution in [0.1, 0.15) is 60.9 Å². The van der Waals surface area contributed by atoms with Crippen molar-refractivity contribution in [1.82, 2.24) is 10.9 Å². The number of benzene rings is 2. The molecule has 2 aromatic carbocycles. The molecule has 0 saturated carbocycles. The zero-order chi connectivity index (χ0) is 26.1. The van der Waals surface area contributed by atoms with Gasteiger partial charge < -0.3 is 10.5 Å². The highest BCUT2D eigenvalue weighted by molar-refractivity contribution is 6.30. The van der Waals surface area contributed by atoms with Gasteiger partial charge in [0.15, 0.2) is 0 Å². The van der Waals surface area contributed by atoms with Crippen molar-refractivity contribution in [3.8, 4) is 0 Å². The molecule has 0 aliphatic carbocycles. The van der Waals surface area contributed by atoms with Gasteiger partial charge in [-0.05, 0) is 49.1 Å². The molecule has 0 aromatic heterocycles. The average Bonchev–Trinajstić information content (AvgIpc) is 3.10. The van der Waals surface area contributed by atoms with E-state index in [0.717, 1.165) is 23.8 Å². The van der Waals surface area contributed by atoms with Crippen molar-refractivity contribution in [2.24, 2.45) is 5.10 Å². The molecule has 0 atom stereocenters. The number of carbonyl (C=O) groups excluding carboxylic acids is 2. The van der Waals surface area contributed by atoms with Gasteiger partial charge in [-0.15, -0.1) is 0 Å². The summed E-state index contributed by atoms with van der Waals surface area (Å²) in [7, 11) is 0. The van der Waals surface area contributed by atoms with Crippen molar-refractivity contribution in [3.05, 3.63) is 80.5 Å². The highest BCUT2D eigenvalue weighted by atomic mass is 16.6. The topological polar surface area (TPSA) is 154 Å². The normalized spacial score (nSPS) is 14.9. The Morgan fingerprint density at radius 2 is 1.71 bits per heavy atom. The Labute approximate surface area is 201 Å². The number of hydrazine groups is 1. The summed E-state index contributed by atoms with van der Waals surface area (Å²) in [5.41, 5.74) is 6.33. The van der Waals surface area contributed by atoms with E-state index < -0.39 is 28.1 Å². The molecule has 1 aliphatic heterocycles. The number of hydrogen-bond acceptors (Lipinski definition) is 7. The van der Waals surface area contributed by atoms with E-state index >= 15 is 0 Å². The number of aromatic carboxylic acids is 1. The van der Waals surface area contributed by atoms with Crippen LogP contribution in [0.15, 0.2) is 58.8 Å². The van der Waals surface area contributed by atoms with Crippen molar-refractivity contribution in [2.45, 2.75) is 40.0 Å². The minimum atomic E-state index is -1.48. The number of nitro groups is 1. The molecule has 35 heavy (non-hydrogen) atoms. The molecule has 0 radical (unpaired) electrons. The van der Waals surface area contributed by atoms with Crippen LogP contribution in [-0.2, 0) is 10.2 Å². The van der Waals surface area contributed by atoms with E-state index in [9.17, 15) is 24.5 Å². The van der Waals surface area contributed by atoms with E-state index in [1.807, 2.05) is 24.3 Å². The molecule has 3 rings (SSSR count). The van der Waals surface area contributed by atoms with Gasteiger partial charge in [0.2, 0.25) is 0 Å². The first-order chi connectivity index (χ1) is 16.3. The molecule has 1 heterocycles. The summed E-state index contributed by atoms with van der Waals surface area (Å²) in [5, 5.41) is 25.8. The molecule has 11 nitrogen and oxygen atoms in total. The SMILES string of the molecule is CC1=NN(c2ccc(C(C)(C)C)cc2)C(=O)/C1=C(/C)NNC(=O)c1ccc(C(=O)O)c([N+](=O)[O-])c1. The van der Waals surface area contributed by atoms with Gasteiger partial charge >= 0.3 is 5.97 Å². The number of carboxylic acid groups (broad SMARTS) is 1. The molecular formula is C24H25N5O6. The van der Waals surface area contributed by atoms with Gasteiger partial charge in [0.25, 0.3) is 17.5 Å². The van der Waals surface area contributed by atoms with Gasteiger partial charge in [-0.2, -0.15) is 10.1 Å². The molecule has 0 spiro atoms. The summed E-state index contributed by atoms with van der Waals surface area (Å²) in [4.78, 5) is 47.0. The summed E-state index contributed by atoms with van der Waals surface area (Å²) < 4.78 is 0. The molecule has 182 valence electrons. The van der Waals surface area contributed by atoms with E-state index in [0.29, 0.717) is 17.1 Å². The molecule has 0 unspecified atom stereocenters. The predicted molar refractivity (Wildman–Crippen MR) is 129 cm³/mol. The highest BCUT2D eigenvalue weighted by Gasteiger charge is 2.31. The number of hydrazone groups is 1. The molecular weight excluding hydrogens is 454 g/mol. The predicted octanol–water partition coefficient (Wildman–Crippen LogP) is 3.52. The van der Waals surface area contributed by atoms with E-state index in [-0.39, 0.29) is 22.5 Å². The second-order valence-corrected chi connectivity index (χ2v) is 8.97. The Kier molecular flexibility index (Phi) is 6.72. The Bertz CT molecular complexity index is 1290. The number of carbonyl (C=O) groups is 3. The Morgan fingerprint density at radius 3 is 2.26 bits per heavy atom. The second kappa shape index (κ2) is 9.37. The summed E-state index contributed by atoms with van der Waals surface area (Å²) in [6, 6.07) is 10.5.